The average Bonchev–Trinajstić information content (AvgIpc) is 3.24. The SMILES string of the molecule is CC1=C(CC(=O)Nc2cnn(C)c2)c2cc(F)ccc2/C1=C\c1ccc([S@](C)=O)cc1. The van der Waals surface area contributed by atoms with Crippen molar-refractivity contribution < 1.29 is 13.4 Å². The van der Waals surface area contributed by atoms with Gasteiger partial charge in [0.05, 0.1) is 18.3 Å². The van der Waals surface area contributed by atoms with E-state index in [4.69, 9.17) is 0 Å². The van der Waals surface area contributed by atoms with Crippen LogP contribution in [0.15, 0.2) is 65.3 Å². The van der Waals surface area contributed by atoms with Crippen LogP contribution in [-0.2, 0) is 22.6 Å². The summed E-state index contributed by atoms with van der Waals surface area (Å²) in [4.78, 5) is 13.4. The fourth-order valence-corrected chi connectivity index (χ4v) is 4.27. The van der Waals surface area contributed by atoms with Gasteiger partial charge in [0.25, 0.3) is 0 Å². The van der Waals surface area contributed by atoms with Crippen LogP contribution in [0.1, 0.15) is 30.0 Å². The number of nitrogens with one attached hydrogen (secondary N) is 1. The number of hydrogen-bond acceptors (Lipinski definition) is 3. The van der Waals surface area contributed by atoms with E-state index < -0.39 is 10.8 Å². The molecule has 3 aromatic rings. The van der Waals surface area contributed by atoms with Crippen molar-refractivity contribution in [3.05, 3.63) is 82.9 Å². The van der Waals surface area contributed by atoms with Gasteiger partial charge in [-0.2, -0.15) is 5.10 Å². The second kappa shape index (κ2) is 8.43. The van der Waals surface area contributed by atoms with Crippen molar-refractivity contribution in [1.29, 1.82) is 0 Å². The number of fused-ring (bicyclic) bond motifs is 1. The molecule has 0 saturated heterocycles. The number of allylic oxidation sites excluding steroid dienone is 2. The summed E-state index contributed by atoms with van der Waals surface area (Å²) in [5.74, 6) is -0.527. The number of amides is 1. The lowest BCUT2D eigenvalue weighted by Crippen LogP contribution is -2.11. The number of aryl methyl sites for hydroxylation is 1. The van der Waals surface area contributed by atoms with E-state index in [0.717, 1.165) is 38.3 Å². The Labute approximate surface area is 182 Å². The molecule has 0 spiro atoms. The van der Waals surface area contributed by atoms with Crippen LogP contribution in [-0.4, -0.2) is 26.2 Å². The summed E-state index contributed by atoms with van der Waals surface area (Å²) in [6.07, 6.45) is 7.09. The van der Waals surface area contributed by atoms with Gasteiger partial charge in [0.15, 0.2) is 0 Å². The minimum atomic E-state index is -1.04. The molecule has 1 aromatic heterocycles. The number of anilines is 1. The first kappa shape index (κ1) is 20.9. The summed E-state index contributed by atoms with van der Waals surface area (Å²) in [6.45, 7) is 1.95. The van der Waals surface area contributed by atoms with Crippen molar-refractivity contribution in [3.63, 3.8) is 0 Å². The Morgan fingerprint density at radius 3 is 2.58 bits per heavy atom. The summed E-state index contributed by atoms with van der Waals surface area (Å²) >= 11 is 0. The Kier molecular flexibility index (Phi) is 5.69. The second-order valence-corrected chi connectivity index (χ2v) is 8.88. The van der Waals surface area contributed by atoms with E-state index in [1.165, 1.54) is 12.1 Å². The number of halogens is 1. The molecule has 0 aliphatic heterocycles. The van der Waals surface area contributed by atoms with Gasteiger partial charge in [-0.1, -0.05) is 18.2 Å². The maximum atomic E-state index is 14.0. The molecule has 1 aliphatic rings. The molecule has 31 heavy (non-hydrogen) atoms. The number of aromatic nitrogens is 2. The van der Waals surface area contributed by atoms with Crippen molar-refractivity contribution >= 4 is 39.6 Å². The number of benzene rings is 2. The molecular weight excluding hydrogens is 413 g/mol. The molecule has 1 N–H and O–H groups in total. The topological polar surface area (TPSA) is 64.0 Å². The maximum Gasteiger partial charge on any atom is 0.228 e. The van der Waals surface area contributed by atoms with Crippen molar-refractivity contribution in [2.45, 2.75) is 18.2 Å². The van der Waals surface area contributed by atoms with E-state index in [2.05, 4.69) is 10.4 Å². The third-order valence-electron chi connectivity index (χ3n) is 5.30. The van der Waals surface area contributed by atoms with Crippen molar-refractivity contribution in [2.24, 2.45) is 7.05 Å². The number of nitrogens with zero attached hydrogens (tertiary/aromatic N) is 2. The van der Waals surface area contributed by atoms with Crippen molar-refractivity contribution in [1.82, 2.24) is 9.78 Å². The highest BCUT2D eigenvalue weighted by Crippen LogP contribution is 2.44. The van der Waals surface area contributed by atoms with Gasteiger partial charge in [0.2, 0.25) is 5.91 Å². The van der Waals surface area contributed by atoms with E-state index in [-0.39, 0.29) is 18.1 Å². The highest BCUT2D eigenvalue weighted by Gasteiger charge is 2.26. The lowest BCUT2D eigenvalue weighted by Gasteiger charge is -2.07. The maximum absolute atomic E-state index is 14.0. The summed E-state index contributed by atoms with van der Waals surface area (Å²) in [5.41, 5.74) is 5.87. The van der Waals surface area contributed by atoms with Crippen LogP contribution >= 0.6 is 0 Å². The van der Waals surface area contributed by atoms with Crippen LogP contribution in [0, 0.1) is 5.82 Å². The van der Waals surface area contributed by atoms with Crippen molar-refractivity contribution in [3.8, 4) is 0 Å². The zero-order valence-electron chi connectivity index (χ0n) is 17.5. The van der Waals surface area contributed by atoms with Gasteiger partial charge >= 0.3 is 0 Å². The zero-order valence-corrected chi connectivity index (χ0v) is 18.3. The Hall–Kier alpha value is -3.32. The van der Waals surface area contributed by atoms with Crippen LogP contribution in [0.25, 0.3) is 17.2 Å². The minimum Gasteiger partial charge on any atom is -0.323 e. The monoisotopic (exact) mass is 435 g/mol. The fourth-order valence-electron chi connectivity index (χ4n) is 3.76. The Bertz CT molecular complexity index is 1260. The van der Waals surface area contributed by atoms with Gasteiger partial charge in [-0.25, -0.2) is 4.39 Å². The van der Waals surface area contributed by atoms with E-state index in [9.17, 15) is 13.4 Å². The quantitative estimate of drug-likeness (QED) is 0.634. The van der Waals surface area contributed by atoms with Crippen LogP contribution in [0.3, 0.4) is 0 Å². The summed E-state index contributed by atoms with van der Waals surface area (Å²) in [6, 6.07) is 12.2. The minimum absolute atomic E-state index is 0.127. The largest absolute Gasteiger partial charge is 0.323 e. The molecule has 0 fully saturated rings. The van der Waals surface area contributed by atoms with E-state index in [1.54, 1.807) is 36.4 Å². The van der Waals surface area contributed by atoms with Gasteiger partial charge in [-0.15, -0.1) is 0 Å². The summed E-state index contributed by atoms with van der Waals surface area (Å²) in [7, 11) is 0.741. The van der Waals surface area contributed by atoms with Crippen molar-refractivity contribution in [2.75, 3.05) is 11.6 Å². The number of carbonyl (C=O) groups is 1. The first-order chi connectivity index (χ1) is 14.8. The van der Waals surface area contributed by atoms with Gasteiger partial charge in [-0.3, -0.25) is 13.7 Å². The highest BCUT2D eigenvalue weighted by atomic mass is 32.2. The van der Waals surface area contributed by atoms with E-state index in [1.807, 2.05) is 37.3 Å². The van der Waals surface area contributed by atoms with Gasteiger partial charge in [0.1, 0.15) is 5.82 Å². The van der Waals surface area contributed by atoms with Crippen LogP contribution < -0.4 is 5.32 Å². The average molecular weight is 436 g/mol. The molecule has 5 nitrogen and oxygen atoms in total. The predicted molar refractivity (Wildman–Crippen MR) is 122 cm³/mol. The molecule has 4 rings (SSSR count). The van der Waals surface area contributed by atoms with Crippen LogP contribution in [0.2, 0.25) is 0 Å². The van der Waals surface area contributed by atoms with Crippen LogP contribution in [0.4, 0.5) is 10.1 Å². The standard InChI is InChI=1S/C24H22FN3O2S/c1-15-21(10-16-4-7-19(8-5-16)31(3)30)20-9-6-17(25)11-23(20)22(15)12-24(29)27-18-13-26-28(2)14-18/h4-11,13-14H,12H2,1-3H3,(H,27,29)/b21-10-/t31-/m0/s1. The molecule has 0 saturated carbocycles. The predicted octanol–water partition coefficient (Wildman–Crippen LogP) is 4.65. The third kappa shape index (κ3) is 4.41. The molecular formula is C24H22FN3O2S. The normalized spacial score (nSPS) is 15.3. The molecule has 1 atom stereocenters. The molecule has 1 heterocycles. The Morgan fingerprint density at radius 2 is 1.94 bits per heavy atom. The highest BCUT2D eigenvalue weighted by molar-refractivity contribution is 7.84. The fraction of sp³-hybridized carbons (Fsp3) is 0.167. The molecule has 0 bridgehead atoms. The first-order valence-electron chi connectivity index (χ1n) is 9.76. The molecule has 7 heteroatoms. The lowest BCUT2D eigenvalue weighted by molar-refractivity contribution is -0.115. The third-order valence-corrected chi connectivity index (χ3v) is 6.24. The number of carbonyl (C=O) groups excluding carboxylic acids is 1. The smallest absolute Gasteiger partial charge is 0.228 e. The van der Waals surface area contributed by atoms with Gasteiger partial charge < -0.3 is 5.32 Å². The zero-order chi connectivity index (χ0) is 22.1. The molecule has 0 unspecified atom stereocenters. The van der Waals surface area contributed by atoms with E-state index >= 15 is 0 Å². The molecule has 1 aliphatic carbocycles. The molecule has 1 amide bonds. The first-order valence-corrected chi connectivity index (χ1v) is 11.3. The Balaban J connectivity index is 1.68. The molecule has 0 radical (unpaired) electrons. The Morgan fingerprint density at radius 1 is 1.19 bits per heavy atom. The van der Waals surface area contributed by atoms with Crippen LogP contribution in [0.5, 0.6) is 0 Å². The second-order valence-electron chi connectivity index (χ2n) is 7.50. The summed E-state index contributed by atoms with van der Waals surface area (Å²) < 4.78 is 27.3. The number of hydrogen-bond donors (Lipinski definition) is 1. The summed E-state index contributed by atoms with van der Waals surface area (Å²) in [5, 5.41) is 6.89. The van der Waals surface area contributed by atoms with Gasteiger partial charge in [-0.05, 0) is 70.7 Å². The number of rotatable bonds is 5. The molecule has 2 aromatic carbocycles. The van der Waals surface area contributed by atoms with E-state index in [0.29, 0.717) is 5.69 Å². The molecule has 158 valence electrons. The lowest BCUT2D eigenvalue weighted by atomic mass is 10.0. The van der Waals surface area contributed by atoms with Gasteiger partial charge in [0, 0.05) is 35.2 Å².